The molecule has 0 aliphatic rings. The molecule has 2 rings (SSSR count). The largest absolute Gasteiger partial charge is 0.388 e. The molecule has 0 radical (unpaired) electrons. The maximum atomic E-state index is 10.7. The van der Waals surface area contributed by atoms with Crippen molar-refractivity contribution in [3.05, 3.63) is 36.2 Å². The molecule has 5 nitrogen and oxygen atoms in total. The van der Waals surface area contributed by atoms with Gasteiger partial charge in [0.25, 0.3) is 0 Å². The molecule has 0 unspecified atom stereocenters. The number of rotatable bonds is 3. The number of nitrogens with zero attached hydrogens (tertiary/aromatic N) is 2. The van der Waals surface area contributed by atoms with E-state index in [9.17, 15) is 4.79 Å². The standard InChI is InChI=1S/C12H12N4O/c1-14-9-4-2-3-8(5-9)10-6-15-12(13)11(7-17)16-10/h2-7,14H,1H3,(H2,13,15). The van der Waals surface area contributed by atoms with Gasteiger partial charge in [0.1, 0.15) is 5.69 Å². The number of nitrogens with two attached hydrogens (primary N) is 1. The Kier molecular flexibility index (Phi) is 3.00. The van der Waals surface area contributed by atoms with Crippen molar-refractivity contribution in [1.29, 1.82) is 0 Å². The Hall–Kier alpha value is -2.43. The minimum absolute atomic E-state index is 0.147. The highest BCUT2D eigenvalue weighted by atomic mass is 16.1. The zero-order valence-corrected chi connectivity index (χ0v) is 9.34. The van der Waals surface area contributed by atoms with Crippen molar-refractivity contribution in [3.8, 4) is 11.3 Å². The van der Waals surface area contributed by atoms with E-state index in [1.807, 2.05) is 31.3 Å². The second kappa shape index (κ2) is 4.61. The van der Waals surface area contributed by atoms with Gasteiger partial charge in [-0.1, -0.05) is 12.1 Å². The topological polar surface area (TPSA) is 80.9 Å². The van der Waals surface area contributed by atoms with Gasteiger partial charge in [-0.15, -0.1) is 0 Å². The van der Waals surface area contributed by atoms with E-state index in [-0.39, 0.29) is 11.5 Å². The van der Waals surface area contributed by atoms with Crippen molar-refractivity contribution in [1.82, 2.24) is 9.97 Å². The van der Waals surface area contributed by atoms with Gasteiger partial charge in [-0.25, -0.2) is 9.97 Å². The molecule has 5 heteroatoms. The molecule has 1 aromatic carbocycles. The van der Waals surface area contributed by atoms with Gasteiger partial charge in [-0.3, -0.25) is 4.79 Å². The maximum Gasteiger partial charge on any atom is 0.172 e. The molecule has 0 spiro atoms. The number of hydrogen-bond acceptors (Lipinski definition) is 5. The predicted octanol–water partition coefficient (Wildman–Crippen LogP) is 1.58. The lowest BCUT2D eigenvalue weighted by molar-refractivity contribution is 0.111. The highest BCUT2D eigenvalue weighted by Crippen LogP contribution is 2.21. The predicted molar refractivity (Wildman–Crippen MR) is 66.8 cm³/mol. The summed E-state index contributed by atoms with van der Waals surface area (Å²) < 4.78 is 0. The summed E-state index contributed by atoms with van der Waals surface area (Å²) in [5.41, 5.74) is 8.15. The summed E-state index contributed by atoms with van der Waals surface area (Å²) in [6.45, 7) is 0. The summed E-state index contributed by atoms with van der Waals surface area (Å²) in [4.78, 5) is 18.8. The van der Waals surface area contributed by atoms with E-state index in [0.717, 1.165) is 11.3 Å². The van der Waals surface area contributed by atoms with E-state index in [1.165, 1.54) is 0 Å². The molecule has 0 bridgehead atoms. The van der Waals surface area contributed by atoms with Crippen LogP contribution in [0.3, 0.4) is 0 Å². The van der Waals surface area contributed by atoms with Crippen molar-refractivity contribution in [2.75, 3.05) is 18.1 Å². The van der Waals surface area contributed by atoms with Gasteiger partial charge < -0.3 is 11.1 Å². The second-order valence-corrected chi connectivity index (χ2v) is 3.47. The molecule has 0 saturated heterocycles. The van der Waals surface area contributed by atoms with E-state index in [1.54, 1.807) is 6.20 Å². The molecule has 0 aliphatic heterocycles. The van der Waals surface area contributed by atoms with Crippen LogP contribution in [0.1, 0.15) is 10.5 Å². The van der Waals surface area contributed by atoms with Crippen molar-refractivity contribution >= 4 is 17.8 Å². The average molecular weight is 228 g/mol. The maximum absolute atomic E-state index is 10.7. The van der Waals surface area contributed by atoms with Crippen molar-refractivity contribution in [2.24, 2.45) is 0 Å². The third kappa shape index (κ3) is 2.23. The molecular formula is C12H12N4O. The van der Waals surface area contributed by atoms with Gasteiger partial charge in [-0.2, -0.15) is 0 Å². The zero-order chi connectivity index (χ0) is 12.3. The number of hydrogen-bond donors (Lipinski definition) is 2. The summed E-state index contributed by atoms with van der Waals surface area (Å²) in [6, 6.07) is 7.67. The zero-order valence-electron chi connectivity index (χ0n) is 9.34. The second-order valence-electron chi connectivity index (χ2n) is 3.47. The Balaban J connectivity index is 2.48. The van der Waals surface area contributed by atoms with Crippen LogP contribution in [0.25, 0.3) is 11.3 Å². The first-order chi connectivity index (χ1) is 8.24. The van der Waals surface area contributed by atoms with Crippen LogP contribution in [-0.4, -0.2) is 23.3 Å². The van der Waals surface area contributed by atoms with Crippen molar-refractivity contribution in [2.45, 2.75) is 0 Å². The Morgan fingerprint density at radius 1 is 1.41 bits per heavy atom. The first-order valence-corrected chi connectivity index (χ1v) is 5.10. The van der Waals surface area contributed by atoms with Gasteiger partial charge in [0.15, 0.2) is 12.1 Å². The molecule has 3 N–H and O–H groups in total. The number of carbonyl (C=O) groups excluding carboxylic acids is 1. The Morgan fingerprint density at radius 2 is 2.24 bits per heavy atom. The summed E-state index contributed by atoms with van der Waals surface area (Å²) in [5, 5.41) is 3.03. The van der Waals surface area contributed by atoms with Gasteiger partial charge in [0.05, 0.1) is 11.9 Å². The fraction of sp³-hybridized carbons (Fsp3) is 0.0833. The fourth-order valence-corrected chi connectivity index (χ4v) is 1.47. The third-order valence-corrected chi connectivity index (χ3v) is 2.39. The minimum atomic E-state index is 0.147. The van der Waals surface area contributed by atoms with Crippen LogP contribution in [0.2, 0.25) is 0 Å². The van der Waals surface area contributed by atoms with E-state index in [2.05, 4.69) is 15.3 Å². The molecular weight excluding hydrogens is 216 g/mol. The Labute approximate surface area is 98.7 Å². The molecule has 0 fully saturated rings. The first-order valence-electron chi connectivity index (χ1n) is 5.10. The molecule has 1 aromatic heterocycles. The van der Waals surface area contributed by atoms with Crippen molar-refractivity contribution in [3.63, 3.8) is 0 Å². The van der Waals surface area contributed by atoms with Crippen LogP contribution in [0.5, 0.6) is 0 Å². The molecule has 17 heavy (non-hydrogen) atoms. The molecule has 0 atom stereocenters. The summed E-state index contributed by atoms with van der Waals surface area (Å²) in [7, 11) is 1.84. The molecule has 0 amide bonds. The summed E-state index contributed by atoms with van der Waals surface area (Å²) in [5.74, 6) is 0.147. The number of aromatic nitrogens is 2. The highest BCUT2D eigenvalue weighted by Gasteiger charge is 2.05. The van der Waals surface area contributed by atoms with E-state index in [0.29, 0.717) is 12.0 Å². The van der Waals surface area contributed by atoms with Crippen molar-refractivity contribution < 1.29 is 4.79 Å². The van der Waals surface area contributed by atoms with Gasteiger partial charge in [-0.05, 0) is 12.1 Å². The molecule has 86 valence electrons. The Bertz CT molecular complexity index is 554. The van der Waals surface area contributed by atoms with Crippen LogP contribution < -0.4 is 11.1 Å². The number of nitrogens with one attached hydrogen (secondary N) is 1. The average Bonchev–Trinajstić information content (AvgIpc) is 2.39. The number of benzene rings is 1. The van der Waals surface area contributed by atoms with Crippen LogP contribution in [-0.2, 0) is 0 Å². The minimum Gasteiger partial charge on any atom is -0.388 e. The number of aldehydes is 1. The molecule has 1 heterocycles. The monoisotopic (exact) mass is 228 g/mol. The molecule has 0 saturated carbocycles. The third-order valence-electron chi connectivity index (χ3n) is 2.39. The SMILES string of the molecule is CNc1cccc(-c2cnc(N)c(C=O)n2)c1. The Morgan fingerprint density at radius 3 is 2.94 bits per heavy atom. The molecule has 2 aromatic rings. The lowest BCUT2D eigenvalue weighted by atomic mass is 10.1. The first kappa shape index (κ1) is 11.1. The van der Waals surface area contributed by atoms with Gasteiger partial charge in [0.2, 0.25) is 0 Å². The number of carbonyl (C=O) groups is 1. The normalized spacial score (nSPS) is 9.94. The van der Waals surface area contributed by atoms with Crippen LogP contribution in [0, 0.1) is 0 Å². The van der Waals surface area contributed by atoms with E-state index < -0.39 is 0 Å². The fourth-order valence-electron chi connectivity index (χ4n) is 1.47. The lowest BCUT2D eigenvalue weighted by Crippen LogP contribution is -2.01. The van der Waals surface area contributed by atoms with Crippen LogP contribution in [0.15, 0.2) is 30.5 Å². The molecule has 0 aliphatic carbocycles. The summed E-state index contributed by atoms with van der Waals surface area (Å²) >= 11 is 0. The van der Waals surface area contributed by atoms with Gasteiger partial charge >= 0.3 is 0 Å². The van der Waals surface area contributed by atoms with Crippen LogP contribution in [0.4, 0.5) is 11.5 Å². The van der Waals surface area contributed by atoms with E-state index >= 15 is 0 Å². The van der Waals surface area contributed by atoms with Crippen LogP contribution >= 0.6 is 0 Å². The number of nitrogen functional groups attached to an aromatic ring is 1. The smallest absolute Gasteiger partial charge is 0.172 e. The van der Waals surface area contributed by atoms with E-state index in [4.69, 9.17) is 5.73 Å². The van der Waals surface area contributed by atoms with Gasteiger partial charge in [0, 0.05) is 18.3 Å². The lowest BCUT2D eigenvalue weighted by Gasteiger charge is -2.05. The highest BCUT2D eigenvalue weighted by molar-refractivity contribution is 5.80. The number of anilines is 2. The quantitative estimate of drug-likeness (QED) is 0.779. The summed E-state index contributed by atoms with van der Waals surface area (Å²) in [6.07, 6.45) is 2.16.